The Hall–Kier alpha value is -0.600. The van der Waals surface area contributed by atoms with Crippen LogP contribution in [0.25, 0.3) is 0 Å². The van der Waals surface area contributed by atoms with Gasteiger partial charge in [0.15, 0.2) is 0 Å². The fraction of sp³-hybridized carbons (Fsp3) is 0.333. The van der Waals surface area contributed by atoms with Gasteiger partial charge in [-0.05, 0) is 30.2 Å². The van der Waals surface area contributed by atoms with Crippen molar-refractivity contribution in [3.05, 3.63) is 35.1 Å². The normalized spacial score (nSPS) is 13.0. The minimum absolute atomic E-state index is 0.0876. The number of rotatable bonds is 2. The maximum Gasteiger partial charge on any atom is 0.123 e. The number of halogens is 2. The zero-order valence-corrected chi connectivity index (χ0v) is 7.48. The second kappa shape index (κ2) is 3.87. The van der Waals surface area contributed by atoms with Crippen LogP contribution in [0.15, 0.2) is 18.2 Å². The van der Waals surface area contributed by atoms with E-state index in [2.05, 4.69) is 0 Å². The molecule has 1 aromatic rings. The molecule has 1 nitrogen and oxygen atoms in total. The van der Waals surface area contributed by atoms with Crippen molar-refractivity contribution < 1.29 is 9.50 Å². The van der Waals surface area contributed by atoms with Crippen molar-refractivity contribution in [2.24, 2.45) is 0 Å². The number of hydrogen-bond donors (Lipinski definition) is 1. The molecule has 0 aliphatic heterocycles. The fourth-order valence-corrected chi connectivity index (χ4v) is 1.22. The summed E-state index contributed by atoms with van der Waals surface area (Å²) in [6, 6.07) is 4.29. The van der Waals surface area contributed by atoms with Crippen molar-refractivity contribution in [2.45, 2.75) is 13.0 Å². The Labute approximate surface area is 75.8 Å². The topological polar surface area (TPSA) is 20.2 Å². The molecule has 1 atom stereocenters. The van der Waals surface area contributed by atoms with Crippen molar-refractivity contribution in [1.82, 2.24) is 0 Å². The molecule has 0 aliphatic rings. The maximum atomic E-state index is 12.7. The van der Waals surface area contributed by atoms with E-state index in [4.69, 9.17) is 11.6 Å². The smallest absolute Gasteiger partial charge is 0.123 e. The van der Waals surface area contributed by atoms with Gasteiger partial charge >= 0.3 is 0 Å². The van der Waals surface area contributed by atoms with Gasteiger partial charge in [0.2, 0.25) is 0 Å². The van der Waals surface area contributed by atoms with Crippen LogP contribution in [0.3, 0.4) is 0 Å². The molecule has 0 fully saturated rings. The summed E-state index contributed by atoms with van der Waals surface area (Å²) in [4.78, 5) is 0. The van der Waals surface area contributed by atoms with Crippen molar-refractivity contribution in [3.8, 4) is 0 Å². The van der Waals surface area contributed by atoms with Crippen molar-refractivity contribution in [3.63, 3.8) is 0 Å². The third-order valence-electron chi connectivity index (χ3n) is 1.75. The zero-order valence-electron chi connectivity index (χ0n) is 6.72. The Morgan fingerprint density at radius 3 is 2.83 bits per heavy atom. The van der Waals surface area contributed by atoms with Gasteiger partial charge in [0.1, 0.15) is 5.82 Å². The van der Waals surface area contributed by atoms with Crippen LogP contribution in [0, 0.1) is 12.7 Å². The molecule has 0 saturated carbocycles. The lowest BCUT2D eigenvalue weighted by atomic mass is 10.0. The molecule has 0 aliphatic carbocycles. The summed E-state index contributed by atoms with van der Waals surface area (Å²) in [5.74, 6) is -0.260. The first-order valence-corrected chi connectivity index (χ1v) is 4.18. The highest BCUT2D eigenvalue weighted by molar-refractivity contribution is 6.18. The first-order valence-electron chi connectivity index (χ1n) is 3.65. The van der Waals surface area contributed by atoms with Gasteiger partial charge in [0.25, 0.3) is 0 Å². The molecule has 0 aromatic heterocycles. The average molecular weight is 189 g/mol. The van der Waals surface area contributed by atoms with Gasteiger partial charge in [-0.15, -0.1) is 11.6 Å². The molecule has 1 N–H and O–H groups in total. The largest absolute Gasteiger partial charge is 0.387 e. The first-order chi connectivity index (χ1) is 5.65. The molecule has 0 spiro atoms. The number of alkyl halides is 1. The van der Waals surface area contributed by atoms with Crippen molar-refractivity contribution >= 4 is 11.6 Å². The molecule has 3 heteroatoms. The minimum Gasteiger partial charge on any atom is -0.387 e. The maximum absolute atomic E-state index is 12.7. The number of hydrogen-bond acceptors (Lipinski definition) is 1. The van der Waals surface area contributed by atoms with E-state index in [9.17, 15) is 9.50 Å². The van der Waals surface area contributed by atoms with Crippen LogP contribution in [-0.2, 0) is 0 Å². The Morgan fingerprint density at radius 1 is 1.58 bits per heavy atom. The van der Waals surface area contributed by atoms with Crippen LogP contribution in [0.1, 0.15) is 17.2 Å². The number of aliphatic hydroxyl groups excluding tert-OH is 1. The molecule has 12 heavy (non-hydrogen) atoms. The summed E-state index contributed by atoms with van der Waals surface area (Å²) in [6.07, 6.45) is -0.776. The molecular formula is C9H10ClFO. The van der Waals surface area contributed by atoms with Gasteiger partial charge in [0, 0.05) is 0 Å². The lowest BCUT2D eigenvalue weighted by Crippen LogP contribution is -2.01. The summed E-state index contributed by atoms with van der Waals surface area (Å²) in [7, 11) is 0. The molecule has 0 radical (unpaired) electrons. The van der Waals surface area contributed by atoms with Gasteiger partial charge in [-0.3, -0.25) is 0 Å². The van der Waals surface area contributed by atoms with Crippen LogP contribution < -0.4 is 0 Å². The summed E-state index contributed by atoms with van der Waals surface area (Å²) in [5, 5.41) is 9.34. The Balaban J connectivity index is 3.04. The van der Waals surface area contributed by atoms with E-state index in [0.29, 0.717) is 5.56 Å². The van der Waals surface area contributed by atoms with Crippen LogP contribution >= 0.6 is 11.6 Å². The molecule has 66 valence electrons. The van der Waals surface area contributed by atoms with Crippen LogP contribution in [0.5, 0.6) is 0 Å². The number of aliphatic hydroxyl groups is 1. The highest BCUT2D eigenvalue weighted by Gasteiger charge is 2.09. The fourth-order valence-electron chi connectivity index (χ4n) is 1.05. The van der Waals surface area contributed by atoms with Crippen LogP contribution in [0.2, 0.25) is 0 Å². The molecule has 0 saturated heterocycles. The molecule has 0 heterocycles. The van der Waals surface area contributed by atoms with E-state index in [1.807, 2.05) is 6.92 Å². The Morgan fingerprint density at radius 2 is 2.25 bits per heavy atom. The second-order valence-corrected chi connectivity index (χ2v) is 2.98. The SMILES string of the molecule is Cc1ccc(F)cc1[C@@H](O)CCl. The lowest BCUT2D eigenvalue weighted by Gasteiger charge is -2.09. The molecule has 0 unspecified atom stereocenters. The summed E-state index contributed by atoms with van der Waals surface area (Å²) >= 11 is 5.44. The van der Waals surface area contributed by atoms with Crippen LogP contribution in [-0.4, -0.2) is 11.0 Å². The second-order valence-electron chi connectivity index (χ2n) is 2.67. The lowest BCUT2D eigenvalue weighted by molar-refractivity contribution is 0.201. The van der Waals surface area contributed by atoms with E-state index < -0.39 is 6.10 Å². The standard InChI is InChI=1S/C9H10ClFO/c1-6-2-3-7(11)4-8(6)9(12)5-10/h2-4,9,12H,5H2,1H3/t9-/m0/s1. The average Bonchev–Trinajstić information content (AvgIpc) is 2.08. The summed E-state index contributed by atoms with van der Waals surface area (Å²) in [5.41, 5.74) is 1.41. The van der Waals surface area contributed by atoms with E-state index >= 15 is 0 Å². The highest BCUT2D eigenvalue weighted by Crippen LogP contribution is 2.19. The van der Waals surface area contributed by atoms with E-state index in [-0.39, 0.29) is 11.7 Å². The first kappa shape index (κ1) is 9.49. The molecule has 1 rings (SSSR count). The third kappa shape index (κ3) is 1.96. The van der Waals surface area contributed by atoms with Gasteiger partial charge in [-0.2, -0.15) is 0 Å². The Kier molecular flexibility index (Phi) is 3.06. The van der Waals surface area contributed by atoms with Crippen molar-refractivity contribution in [1.29, 1.82) is 0 Å². The molecule has 1 aromatic carbocycles. The number of aryl methyl sites for hydroxylation is 1. The van der Waals surface area contributed by atoms with E-state index in [0.717, 1.165) is 5.56 Å². The van der Waals surface area contributed by atoms with Crippen LogP contribution in [0.4, 0.5) is 4.39 Å². The van der Waals surface area contributed by atoms with E-state index in [1.54, 1.807) is 6.07 Å². The van der Waals surface area contributed by atoms with Gasteiger partial charge in [-0.1, -0.05) is 6.07 Å². The van der Waals surface area contributed by atoms with E-state index in [1.165, 1.54) is 12.1 Å². The summed E-state index contributed by atoms with van der Waals surface area (Å²) < 4.78 is 12.7. The van der Waals surface area contributed by atoms with Gasteiger partial charge in [0.05, 0.1) is 12.0 Å². The summed E-state index contributed by atoms with van der Waals surface area (Å²) in [6.45, 7) is 1.81. The monoisotopic (exact) mass is 188 g/mol. The zero-order chi connectivity index (χ0) is 9.14. The van der Waals surface area contributed by atoms with Crippen molar-refractivity contribution in [2.75, 3.05) is 5.88 Å². The minimum atomic E-state index is -0.776. The quantitative estimate of drug-likeness (QED) is 0.707. The molecule has 0 amide bonds. The van der Waals surface area contributed by atoms with Gasteiger partial charge in [-0.25, -0.2) is 4.39 Å². The predicted octanol–water partition coefficient (Wildman–Crippen LogP) is 2.41. The molecular weight excluding hydrogens is 179 g/mol. The molecule has 0 bridgehead atoms. The Bertz CT molecular complexity index is 275. The number of benzene rings is 1. The predicted molar refractivity (Wildman–Crippen MR) is 46.8 cm³/mol. The van der Waals surface area contributed by atoms with Gasteiger partial charge < -0.3 is 5.11 Å². The highest BCUT2D eigenvalue weighted by atomic mass is 35.5. The third-order valence-corrected chi connectivity index (χ3v) is 2.04.